The molecule has 1 fully saturated rings. The van der Waals surface area contributed by atoms with Crippen LogP contribution in [0.2, 0.25) is 0 Å². The highest BCUT2D eigenvalue weighted by atomic mass is 32.2. The molecule has 29 heavy (non-hydrogen) atoms. The molecule has 0 aliphatic carbocycles. The molecule has 7 nitrogen and oxygen atoms in total. The van der Waals surface area contributed by atoms with Gasteiger partial charge < -0.3 is 15.1 Å². The van der Waals surface area contributed by atoms with Crippen LogP contribution >= 0.6 is 0 Å². The summed E-state index contributed by atoms with van der Waals surface area (Å²) in [7, 11) is -5.27. The fraction of sp³-hybridized carbons (Fsp3) is 0.500. The van der Waals surface area contributed by atoms with E-state index in [1.165, 1.54) is 0 Å². The van der Waals surface area contributed by atoms with Gasteiger partial charge in [-0.25, -0.2) is 13.4 Å². The summed E-state index contributed by atoms with van der Waals surface area (Å²) in [6.45, 7) is 2.42. The number of guanidine groups is 1. The number of piperidine rings is 1. The number of rotatable bonds is 5. The van der Waals surface area contributed by atoms with Crippen molar-refractivity contribution < 1.29 is 26.0 Å². The third kappa shape index (κ3) is 5.02. The van der Waals surface area contributed by atoms with Gasteiger partial charge in [0.2, 0.25) is 0 Å². The molecular weight excluding hydrogens is 409 g/mol. The molecule has 0 saturated carbocycles. The second-order valence-corrected chi connectivity index (χ2v) is 8.64. The average Bonchev–Trinajstić information content (AvgIpc) is 3.09. The number of halogens is 3. The van der Waals surface area contributed by atoms with E-state index < -0.39 is 15.5 Å². The van der Waals surface area contributed by atoms with Crippen molar-refractivity contribution in [1.82, 2.24) is 14.9 Å². The fourth-order valence-electron chi connectivity index (χ4n) is 3.17. The van der Waals surface area contributed by atoms with Gasteiger partial charge in [-0.1, -0.05) is 18.2 Å². The van der Waals surface area contributed by atoms with E-state index in [0.29, 0.717) is 29.1 Å². The van der Waals surface area contributed by atoms with Crippen molar-refractivity contribution in [2.75, 3.05) is 19.6 Å². The van der Waals surface area contributed by atoms with Gasteiger partial charge in [-0.2, -0.15) is 17.5 Å². The molecule has 0 unspecified atom stereocenters. The molecule has 0 radical (unpaired) electrons. The lowest BCUT2D eigenvalue weighted by atomic mass is 10.1. The largest absolute Gasteiger partial charge is 0.511 e. The van der Waals surface area contributed by atoms with Gasteiger partial charge in [-0.05, 0) is 31.9 Å². The molecule has 160 valence electrons. The molecule has 0 amide bonds. The maximum Gasteiger partial charge on any atom is 0.511 e. The zero-order valence-electron chi connectivity index (χ0n) is 15.9. The number of benzene rings is 1. The number of aliphatic imine (C=N–C) groups is 1. The summed E-state index contributed by atoms with van der Waals surface area (Å²) in [5, 5.41) is 7.23. The van der Waals surface area contributed by atoms with E-state index in [4.69, 9.17) is 4.42 Å². The van der Waals surface area contributed by atoms with Crippen LogP contribution in [0.25, 0.3) is 11.0 Å². The summed E-state index contributed by atoms with van der Waals surface area (Å²) >= 11 is 0. The Bertz CT molecular complexity index is 931. The maximum atomic E-state index is 12.7. The zero-order chi connectivity index (χ0) is 21.1. The SMILES string of the molecule is CCNC(=NCc1cc2ccccc2o1)NC1CCN(S(=O)(=O)C(F)(F)F)CC1. The molecule has 3 rings (SSSR count). The van der Waals surface area contributed by atoms with Crippen LogP contribution in [0, 0.1) is 0 Å². The van der Waals surface area contributed by atoms with Gasteiger partial charge in [0, 0.05) is 31.1 Å². The highest BCUT2D eigenvalue weighted by Crippen LogP contribution is 2.29. The first kappa shape index (κ1) is 21.4. The van der Waals surface area contributed by atoms with Gasteiger partial charge in [-0.3, -0.25) is 0 Å². The van der Waals surface area contributed by atoms with E-state index in [0.717, 1.165) is 11.0 Å². The number of alkyl halides is 3. The van der Waals surface area contributed by atoms with Gasteiger partial charge in [0.15, 0.2) is 5.96 Å². The van der Waals surface area contributed by atoms with Crippen molar-refractivity contribution in [2.24, 2.45) is 4.99 Å². The first-order chi connectivity index (χ1) is 13.7. The number of nitrogens with zero attached hydrogens (tertiary/aromatic N) is 2. The standard InChI is InChI=1S/C18H23F3N4O3S/c1-2-22-17(23-12-15-11-13-5-3-4-6-16(13)28-15)24-14-7-9-25(10-8-14)29(26,27)18(19,20)21/h3-6,11,14H,2,7-10,12H2,1H3,(H2,22,23,24). The Labute approximate surface area is 167 Å². The van der Waals surface area contributed by atoms with Crippen LogP contribution in [-0.4, -0.2) is 49.9 Å². The van der Waals surface area contributed by atoms with Crippen molar-refractivity contribution in [3.63, 3.8) is 0 Å². The number of nitrogens with one attached hydrogen (secondary N) is 2. The van der Waals surface area contributed by atoms with E-state index in [2.05, 4.69) is 15.6 Å². The molecule has 1 aliphatic heterocycles. The van der Waals surface area contributed by atoms with E-state index in [1.54, 1.807) is 0 Å². The average molecular weight is 432 g/mol. The van der Waals surface area contributed by atoms with Crippen molar-refractivity contribution in [2.45, 2.75) is 37.9 Å². The first-order valence-electron chi connectivity index (χ1n) is 9.29. The Morgan fingerprint density at radius 1 is 1.28 bits per heavy atom. The Hall–Kier alpha value is -2.27. The Balaban J connectivity index is 1.60. The molecule has 2 aromatic rings. The summed E-state index contributed by atoms with van der Waals surface area (Å²) < 4.78 is 67.3. The van der Waals surface area contributed by atoms with Crippen LogP contribution < -0.4 is 10.6 Å². The Kier molecular flexibility index (Phi) is 6.37. The van der Waals surface area contributed by atoms with Crippen LogP contribution in [0.1, 0.15) is 25.5 Å². The summed E-state index contributed by atoms with van der Waals surface area (Å²) in [6.07, 6.45) is 0.509. The van der Waals surface area contributed by atoms with E-state index in [9.17, 15) is 21.6 Å². The Morgan fingerprint density at radius 3 is 2.59 bits per heavy atom. The summed E-state index contributed by atoms with van der Waals surface area (Å²) in [4.78, 5) is 4.47. The summed E-state index contributed by atoms with van der Waals surface area (Å²) in [6, 6.07) is 9.34. The normalized spacial score (nSPS) is 17.6. The highest BCUT2D eigenvalue weighted by Gasteiger charge is 2.50. The monoisotopic (exact) mass is 432 g/mol. The first-order valence-corrected chi connectivity index (χ1v) is 10.7. The maximum absolute atomic E-state index is 12.7. The second kappa shape index (κ2) is 8.62. The topological polar surface area (TPSA) is 86.9 Å². The van der Waals surface area contributed by atoms with Gasteiger partial charge in [-0.15, -0.1) is 0 Å². The lowest BCUT2D eigenvalue weighted by molar-refractivity contribution is -0.0494. The number of hydrogen-bond acceptors (Lipinski definition) is 4. The molecule has 1 aromatic heterocycles. The van der Waals surface area contributed by atoms with Gasteiger partial charge >= 0.3 is 15.5 Å². The Morgan fingerprint density at radius 2 is 1.97 bits per heavy atom. The molecule has 0 bridgehead atoms. The van der Waals surface area contributed by atoms with Gasteiger partial charge in [0.25, 0.3) is 0 Å². The number of fused-ring (bicyclic) bond motifs is 1. The van der Waals surface area contributed by atoms with E-state index in [-0.39, 0.29) is 32.0 Å². The smallest absolute Gasteiger partial charge is 0.459 e. The fourth-order valence-corrected chi connectivity index (χ4v) is 4.16. The quantitative estimate of drug-likeness (QED) is 0.561. The molecule has 1 aliphatic rings. The summed E-state index contributed by atoms with van der Waals surface area (Å²) in [5.74, 6) is 1.19. The molecule has 2 N–H and O–H groups in total. The summed E-state index contributed by atoms with van der Waals surface area (Å²) in [5.41, 5.74) is -4.50. The molecule has 0 atom stereocenters. The molecule has 2 heterocycles. The van der Waals surface area contributed by atoms with E-state index in [1.807, 2.05) is 37.3 Å². The number of para-hydroxylation sites is 1. The number of sulfonamides is 1. The minimum absolute atomic E-state index is 0.178. The minimum atomic E-state index is -5.27. The molecule has 0 spiro atoms. The van der Waals surface area contributed by atoms with Crippen LogP contribution in [0.4, 0.5) is 13.2 Å². The minimum Gasteiger partial charge on any atom is -0.459 e. The van der Waals surface area contributed by atoms with Crippen LogP contribution in [0.5, 0.6) is 0 Å². The zero-order valence-corrected chi connectivity index (χ0v) is 16.7. The van der Waals surface area contributed by atoms with Gasteiger partial charge in [0.1, 0.15) is 17.9 Å². The highest BCUT2D eigenvalue weighted by molar-refractivity contribution is 7.90. The lowest BCUT2D eigenvalue weighted by Crippen LogP contribution is -2.51. The second-order valence-electron chi connectivity index (χ2n) is 6.71. The lowest BCUT2D eigenvalue weighted by Gasteiger charge is -2.32. The molecule has 1 aromatic carbocycles. The number of furan rings is 1. The van der Waals surface area contributed by atoms with Crippen molar-refractivity contribution >= 4 is 27.0 Å². The predicted octanol–water partition coefficient (Wildman–Crippen LogP) is 2.80. The predicted molar refractivity (Wildman–Crippen MR) is 104 cm³/mol. The van der Waals surface area contributed by atoms with Crippen LogP contribution in [-0.2, 0) is 16.6 Å². The van der Waals surface area contributed by atoms with E-state index >= 15 is 0 Å². The third-order valence-electron chi connectivity index (χ3n) is 4.64. The number of hydrogen-bond donors (Lipinski definition) is 2. The van der Waals surface area contributed by atoms with Crippen LogP contribution in [0.3, 0.4) is 0 Å². The van der Waals surface area contributed by atoms with Crippen molar-refractivity contribution in [1.29, 1.82) is 0 Å². The molecule has 1 saturated heterocycles. The molecule has 11 heteroatoms. The van der Waals surface area contributed by atoms with Gasteiger partial charge in [0.05, 0.1) is 0 Å². The van der Waals surface area contributed by atoms with Crippen molar-refractivity contribution in [3.8, 4) is 0 Å². The third-order valence-corrected chi connectivity index (χ3v) is 6.27. The molecular formula is C18H23F3N4O3S. The van der Waals surface area contributed by atoms with Crippen LogP contribution in [0.15, 0.2) is 39.7 Å². The van der Waals surface area contributed by atoms with Crippen molar-refractivity contribution in [3.05, 3.63) is 36.1 Å².